The first-order chi connectivity index (χ1) is 13.5. The highest BCUT2D eigenvalue weighted by atomic mass is 19.1. The summed E-state index contributed by atoms with van der Waals surface area (Å²) >= 11 is 0. The molecule has 2 amide bonds. The van der Waals surface area contributed by atoms with Gasteiger partial charge in [0, 0.05) is 13.0 Å². The molecule has 2 aromatic carbocycles. The number of amides is 2. The van der Waals surface area contributed by atoms with E-state index in [1.165, 1.54) is 29.3 Å². The summed E-state index contributed by atoms with van der Waals surface area (Å²) in [4.78, 5) is 24.2. The fraction of sp³-hybridized carbons (Fsp3) is 0.250. The Hall–Kier alpha value is -3.42. The van der Waals surface area contributed by atoms with Gasteiger partial charge in [-0.1, -0.05) is 12.1 Å². The number of nitrogens with zero attached hydrogens (tertiary/aromatic N) is 2. The zero-order valence-electron chi connectivity index (χ0n) is 15.4. The second-order valence-electron chi connectivity index (χ2n) is 6.34. The van der Waals surface area contributed by atoms with Gasteiger partial charge in [-0.3, -0.25) is 14.6 Å². The first kappa shape index (κ1) is 19.3. The van der Waals surface area contributed by atoms with Gasteiger partial charge in [-0.25, -0.2) is 4.39 Å². The summed E-state index contributed by atoms with van der Waals surface area (Å²) in [5, 5.41) is 8.40. The van der Waals surface area contributed by atoms with Crippen molar-refractivity contribution in [3.05, 3.63) is 59.9 Å². The number of nitrogens with two attached hydrogens (primary N) is 1. The molecule has 0 radical (unpaired) electrons. The van der Waals surface area contributed by atoms with Crippen molar-refractivity contribution in [1.82, 2.24) is 5.32 Å². The van der Waals surface area contributed by atoms with Crippen molar-refractivity contribution in [2.75, 3.05) is 18.7 Å². The Morgan fingerprint density at radius 1 is 1.21 bits per heavy atom. The highest BCUT2D eigenvalue weighted by molar-refractivity contribution is 6.40. The Morgan fingerprint density at radius 2 is 1.89 bits per heavy atom. The van der Waals surface area contributed by atoms with E-state index in [1.807, 2.05) is 24.3 Å². The van der Waals surface area contributed by atoms with Crippen molar-refractivity contribution in [3.63, 3.8) is 0 Å². The van der Waals surface area contributed by atoms with Crippen LogP contribution < -0.4 is 20.8 Å². The zero-order valence-corrected chi connectivity index (χ0v) is 15.4. The molecule has 1 heterocycles. The lowest BCUT2D eigenvalue weighted by Crippen LogP contribution is -2.40. The predicted molar refractivity (Wildman–Crippen MR) is 104 cm³/mol. The topological polar surface area (TPSA) is 97.0 Å². The molecule has 1 aliphatic rings. The van der Waals surface area contributed by atoms with Crippen molar-refractivity contribution < 1.29 is 18.7 Å². The lowest BCUT2D eigenvalue weighted by atomic mass is 10.1. The number of nitrogens with one attached hydrogen (secondary N) is 1. The van der Waals surface area contributed by atoms with E-state index in [2.05, 4.69) is 10.4 Å². The van der Waals surface area contributed by atoms with Crippen LogP contribution in [-0.2, 0) is 16.0 Å². The summed E-state index contributed by atoms with van der Waals surface area (Å²) in [6.07, 6.45) is 0.741. The van der Waals surface area contributed by atoms with Gasteiger partial charge in [0.05, 0.1) is 12.8 Å². The maximum atomic E-state index is 13.1. The summed E-state index contributed by atoms with van der Waals surface area (Å²) < 4.78 is 18.3. The molecule has 28 heavy (non-hydrogen) atoms. The Labute approximate surface area is 162 Å². The molecule has 0 spiro atoms. The number of methoxy groups -OCH3 is 1. The Kier molecular flexibility index (Phi) is 5.88. The molecule has 3 rings (SSSR count). The van der Waals surface area contributed by atoms with Gasteiger partial charge in [0.1, 0.15) is 23.3 Å². The second-order valence-corrected chi connectivity index (χ2v) is 6.34. The van der Waals surface area contributed by atoms with Crippen molar-refractivity contribution in [2.24, 2.45) is 10.8 Å². The summed E-state index contributed by atoms with van der Waals surface area (Å²) in [6.45, 7) is 0.419. The van der Waals surface area contributed by atoms with Crippen LogP contribution in [0.25, 0.3) is 0 Å². The summed E-state index contributed by atoms with van der Waals surface area (Å²) in [5.74, 6) is -0.594. The van der Waals surface area contributed by atoms with Gasteiger partial charge in [-0.15, -0.1) is 0 Å². The number of anilines is 1. The second kappa shape index (κ2) is 8.51. The molecule has 0 saturated heterocycles. The number of carbonyl (C=O) groups excluding carboxylic acids is 2. The molecule has 0 fully saturated rings. The van der Waals surface area contributed by atoms with E-state index in [0.717, 1.165) is 11.3 Å². The standard InChI is InChI=1S/C20H21FN4O3/c1-28-16-8-2-13(3-9-16)10-11-23-20(27)17-12-18(19(22)26)25(24-17)15-6-4-14(21)5-7-15/h2-9,18H,10-12H2,1H3,(H2,22,26)(H,23,27). The van der Waals surface area contributed by atoms with E-state index in [4.69, 9.17) is 10.5 Å². The monoisotopic (exact) mass is 384 g/mol. The van der Waals surface area contributed by atoms with Crippen LogP contribution in [0.15, 0.2) is 53.6 Å². The van der Waals surface area contributed by atoms with E-state index in [0.29, 0.717) is 18.7 Å². The van der Waals surface area contributed by atoms with Crippen LogP contribution in [0.5, 0.6) is 5.75 Å². The molecule has 146 valence electrons. The molecule has 2 aromatic rings. The zero-order chi connectivity index (χ0) is 20.1. The number of benzene rings is 2. The molecule has 8 heteroatoms. The molecular formula is C20H21FN4O3. The van der Waals surface area contributed by atoms with Crippen LogP contribution in [0.1, 0.15) is 12.0 Å². The van der Waals surface area contributed by atoms with Gasteiger partial charge in [0.2, 0.25) is 5.91 Å². The third-order valence-corrected chi connectivity index (χ3v) is 4.45. The normalized spacial score (nSPS) is 15.9. The minimum absolute atomic E-state index is 0.0983. The van der Waals surface area contributed by atoms with E-state index in [1.54, 1.807) is 7.11 Å². The largest absolute Gasteiger partial charge is 0.497 e. The van der Waals surface area contributed by atoms with Crippen LogP contribution in [0.4, 0.5) is 10.1 Å². The van der Waals surface area contributed by atoms with Gasteiger partial charge in [-0.05, 0) is 48.4 Å². The van der Waals surface area contributed by atoms with Gasteiger partial charge >= 0.3 is 0 Å². The number of carbonyl (C=O) groups is 2. The Bertz CT molecular complexity index is 881. The SMILES string of the molecule is COc1ccc(CCNC(=O)C2=NN(c3ccc(F)cc3)C(C(N)=O)C2)cc1. The molecule has 1 unspecified atom stereocenters. The first-order valence-electron chi connectivity index (χ1n) is 8.80. The number of halogens is 1. The Balaban J connectivity index is 1.62. The number of hydrogen-bond acceptors (Lipinski definition) is 5. The molecule has 3 N–H and O–H groups in total. The van der Waals surface area contributed by atoms with Crippen LogP contribution >= 0.6 is 0 Å². The van der Waals surface area contributed by atoms with E-state index >= 15 is 0 Å². The number of rotatable bonds is 7. The van der Waals surface area contributed by atoms with Gasteiger partial charge < -0.3 is 15.8 Å². The van der Waals surface area contributed by atoms with Crippen molar-refractivity contribution in [1.29, 1.82) is 0 Å². The average Bonchev–Trinajstić information content (AvgIpc) is 3.15. The molecule has 1 atom stereocenters. The maximum absolute atomic E-state index is 13.1. The number of ether oxygens (including phenoxy) is 1. The van der Waals surface area contributed by atoms with Crippen LogP contribution in [0.3, 0.4) is 0 Å². The molecule has 0 bridgehead atoms. The summed E-state index contributed by atoms with van der Waals surface area (Å²) in [7, 11) is 1.60. The summed E-state index contributed by atoms with van der Waals surface area (Å²) in [6, 6.07) is 12.3. The van der Waals surface area contributed by atoms with Gasteiger partial charge in [-0.2, -0.15) is 5.10 Å². The third kappa shape index (κ3) is 4.46. The highest BCUT2D eigenvalue weighted by Gasteiger charge is 2.34. The van der Waals surface area contributed by atoms with Crippen LogP contribution in [0.2, 0.25) is 0 Å². The van der Waals surface area contributed by atoms with Gasteiger partial charge in [0.15, 0.2) is 0 Å². The van der Waals surface area contributed by atoms with E-state index in [9.17, 15) is 14.0 Å². The average molecular weight is 384 g/mol. The van der Waals surface area contributed by atoms with Crippen molar-refractivity contribution in [2.45, 2.75) is 18.9 Å². The van der Waals surface area contributed by atoms with E-state index in [-0.39, 0.29) is 18.0 Å². The molecular weight excluding hydrogens is 363 g/mol. The number of hydrogen-bond donors (Lipinski definition) is 2. The highest BCUT2D eigenvalue weighted by Crippen LogP contribution is 2.24. The fourth-order valence-corrected chi connectivity index (χ4v) is 2.92. The molecule has 0 saturated carbocycles. The number of primary amides is 1. The number of hydrazone groups is 1. The lowest BCUT2D eigenvalue weighted by Gasteiger charge is -2.20. The van der Waals surface area contributed by atoms with Crippen LogP contribution in [0, 0.1) is 5.82 Å². The quantitative estimate of drug-likeness (QED) is 0.758. The van der Waals surface area contributed by atoms with Crippen molar-refractivity contribution >= 4 is 23.2 Å². The fourth-order valence-electron chi connectivity index (χ4n) is 2.92. The Morgan fingerprint density at radius 3 is 2.50 bits per heavy atom. The van der Waals surface area contributed by atoms with Gasteiger partial charge in [0.25, 0.3) is 5.91 Å². The first-order valence-corrected chi connectivity index (χ1v) is 8.80. The predicted octanol–water partition coefficient (Wildman–Crippen LogP) is 1.61. The molecule has 1 aliphatic heterocycles. The smallest absolute Gasteiger partial charge is 0.267 e. The minimum Gasteiger partial charge on any atom is -0.497 e. The third-order valence-electron chi connectivity index (χ3n) is 4.45. The summed E-state index contributed by atoms with van der Waals surface area (Å²) in [5.41, 5.74) is 7.20. The van der Waals surface area contributed by atoms with E-state index < -0.39 is 17.8 Å². The molecule has 0 aliphatic carbocycles. The maximum Gasteiger partial charge on any atom is 0.267 e. The molecule has 0 aromatic heterocycles. The molecule has 7 nitrogen and oxygen atoms in total. The minimum atomic E-state index is -0.784. The van der Waals surface area contributed by atoms with Crippen LogP contribution in [-0.4, -0.2) is 37.2 Å². The van der Waals surface area contributed by atoms with Crippen molar-refractivity contribution in [3.8, 4) is 5.75 Å². The lowest BCUT2D eigenvalue weighted by molar-refractivity contribution is -0.119.